The molecule has 1 aliphatic rings. The van der Waals surface area contributed by atoms with E-state index >= 15 is 0 Å². The minimum absolute atomic E-state index is 0.242. The summed E-state index contributed by atoms with van der Waals surface area (Å²) in [5, 5.41) is 3.99. The summed E-state index contributed by atoms with van der Waals surface area (Å²) in [4.78, 5) is 6.01. The van der Waals surface area contributed by atoms with E-state index in [4.69, 9.17) is 4.52 Å². The maximum atomic E-state index is 12.7. The summed E-state index contributed by atoms with van der Waals surface area (Å²) < 4.78 is 33.3. The summed E-state index contributed by atoms with van der Waals surface area (Å²) in [5.74, 6) is 1.46. The van der Waals surface area contributed by atoms with Crippen molar-refractivity contribution in [3.05, 3.63) is 46.7 Å². The zero-order valence-electron chi connectivity index (χ0n) is 13.8. The van der Waals surface area contributed by atoms with Gasteiger partial charge >= 0.3 is 0 Å². The molecule has 1 aromatic carbocycles. The van der Waals surface area contributed by atoms with E-state index in [1.165, 1.54) is 11.3 Å². The van der Waals surface area contributed by atoms with Gasteiger partial charge in [-0.25, -0.2) is 8.42 Å². The second-order valence-electron chi connectivity index (χ2n) is 6.23. The molecule has 0 saturated heterocycles. The zero-order valence-corrected chi connectivity index (χ0v) is 15.4. The fraction of sp³-hybridized carbons (Fsp3) is 0.294. The number of sulfonamides is 1. The highest BCUT2D eigenvalue weighted by Crippen LogP contribution is 2.40. The summed E-state index contributed by atoms with van der Waals surface area (Å²) in [6, 6.07) is 8.83. The molecule has 0 radical (unpaired) electrons. The first-order valence-corrected chi connectivity index (χ1v) is 10.3. The van der Waals surface area contributed by atoms with Gasteiger partial charge in [0.2, 0.25) is 11.7 Å². The number of benzene rings is 1. The molecule has 1 N–H and O–H groups in total. The van der Waals surface area contributed by atoms with Gasteiger partial charge in [0.05, 0.1) is 4.88 Å². The van der Waals surface area contributed by atoms with E-state index in [1.807, 2.05) is 19.1 Å². The third-order valence-electron chi connectivity index (χ3n) is 4.05. The molecule has 0 spiro atoms. The lowest BCUT2D eigenvalue weighted by atomic mass is 10.2. The standard InChI is InChI=1S/C17H17N3O3S2/c1-10-3-7-13(8-4-10)20-25(21,22)15-9-14(24-11(15)2)16-18-17(23-19-16)12-5-6-12/h3-4,7-9,12,20H,5-6H2,1-2H3. The van der Waals surface area contributed by atoms with Crippen LogP contribution in [-0.2, 0) is 10.0 Å². The fourth-order valence-electron chi connectivity index (χ4n) is 2.51. The molecule has 0 bridgehead atoms. The van der Waals surface area contributed by atoms with Gasteiger partial charge in [-0.3, -0.25) is 4.72 Å². The average Bonchev–Trinajstić information content (AvgIpc) is 3.15. The summed E-state index contributed by atoms with van der Waals surface area (Å²) in [6.07, 6.45) is 2.15. The SMILES string of the molecule is Cc1ccc(NS(=O)(=O)c2cc(-c3noc(C4CC4)n3)sc2C)cc1. The zero-order chi connectivity index (χ0) is 17.6. The lowest BCUT2D eigenvalue weighted by Crippen LogP contribution is -2.13. The molecule has 2 aromatic heterocycles. The largest absolute Gasteiger partial charge is 0.339 e. The number of aryl methyl sites for hydroxylation is 2. The second kappa shape index (κ2) is 5.96. The number of nitrogens with one attached hydrogen (secondary N) is 1. The van der Waals surface area contributed by atoms with Crippen LogP contribution in [0.15, 0.2) is 39.8 Å². The van der Waals surface area contributed by atoms with E-state index in [0.717, 1.165) is 18.4 Å². The normalized spacial score (nSPS) is 14.6. The molecule has 4 rings (SSSR count). The number of nitrogens with zero attached hydrogens (tertiary/aromatic N) is 2. The fourth-order valence-corrected chi connectivity index (χ4v) is 5.08. The van der Waals surface area contributed by atoms with Crippen LogP contribution < -0.4 is 4.72 Å². The summed E-state index contributed by atoms with van der Waals surface area (Å²) in [6.45, 7) is 3.73. The van der Waals surface area contributed by atoms with Crippen LogP contribution in [0.3, 0.4) is 0 Å². The summed E-state index contributed by atoms with van der Waals surface area (Å²) in [5.41, 5.74) is 1.61. The van der Waals surface area contributed by atoms with Crippen LogP contribution >= 0.6 is 11.3 Å². The quantitative estimate of drug-likeness (QED) is 0.726. The Hall–Kier alpha value is -2.19. The highest BCUT2D eigenvalue weighted by molar-refractivity contribution is 7.93. The van der Waals surface area contributed by atoms with Gasteiger partial charge in [-0.05, 0) is 44.9 Å². The first-order chi connectivity index (χ1) is 11.9. The van der Waals surface area contributed by atoms with Crippen molar-refractivity contribution in [2.75, 3.05) is 4.72 Å². The van der Waals surface area contributed by atoms with Crippen LogP contribution in [0.1, 0.15) is 35.1 Å². The van der Waals surface area contributed by atoms with Gasteiger partial charge in [0.25, 0.3) is 10.0 Å². The molecular weight excluding hydrogens is 358 g/mol. The Bertz CT molecular complexity index is 1020. The molecule has 3 aromatic rings. The highest BCUT2D eigenvalue weighted by atomic mass is 32.2. The maximum Gasteiger partial charge on any atom is 0.263 e. The van der Waals surface area contributed by atoms with Gasteiger partial charge < -0.3 is 4.52 Å². The molecule has 1 saturated carbocycles. The molecule has 130 valence electrons. The van der Waals surface area contributed by atoms with Gasteiger partial charge in [0, 0.05) is 16.5 Å². The minimum Gasteiger partial charge on any atom is -0.339 e. The van der Waals surface area contributed by atoms with E-state index < -0.39 is 10.0 Å². The Labute approximate surface area is 150 Å². The predicted octanol–water partition coefficient (Wildman–Crippen LogP) is 4.09. The van der Waals surface area contributed by atoms with Crippen molar-refractivity contribution in [1.82, 2.24) is 10.1 Å². The van der Waals surface area contributed by atoms with Crippen LogP contribution in [0.25, 0.3) is 10.7 Å². The van der Waals surface area contributed by atoms with Gasteiger partial charge in [0.15, 0.2) is 0 Å². The molecule has 2 heterocycles. The van der Waals surface area contributed by atoms with Crippen molar-refractivity contribution in [3.8, 4) is 10.7 Å². The maximum absolute atomic E-state index is 12.7. The smallest absolute Gasteiger partial charge is 0.263 e. The summed E-state index contributed by atoms with van der Waals surface area (Å²) >= 11 is 1.35. The number of anilines is 1. The van der Waals surface area contributed by atoms with Crippen molar-refractivity contribution >= 4 is 27.0 Å². The molecule has 8 heteroatoms. The van der Waals surface area contributed by atoms with E-state index in [9.17, 15) is 8.42 Å². The van der Waals surface area contributed by atoms with Crippen molar-refractivity contribution in [2.24, 2.45) is 0 Å². The number of hydrogen-bond acceptors (Lipinski definition) is 6. The van der Waals surface area contributed by atoms with Crippen LogP contribution in [0.4, 0.5) is 5.69 Å². The Morgan fingerprint density at radius 3 is 2.60 bits per heavy atom. The van der Waals surface area contributed by atoms with Crippen LogP contribution in [0.2, 0.25) is 0 Å². The van der Waals surface area contributed by atoms with Crippen molar-refractivity contribution in [3.63, 3.8) is 0 Å². The predicted molar refractivity (Wildman–Crippen MR) is 96.3 cm³/mol. The Morgan fingerprint density at radius 1 is 1.20 bits per heavy atom. The minimum atomic E-state index is -3.67. The molecule has 0 aliphatic heterocycles. The van der Waals surface area contributed by atoms with E-state index in [2.05, 4.69) is 14.9 Å². The third kappa shape index (κ3) is 3.32. The molecular formula is C17H17N3O3S2. The number of aromatic nitrogens is 2. The van der Waals surface area contributed by atoms with Crippen molar-refractivity contribution < 1.29 is 12.9 Å². The Morgan fingerprint density at radius 2 is 1.92 bits per heavy atom. The first-order valence-electron chi connectivity index (χ1n) is 7.96. The molecule has 6 nitrogen and oxygen atoms in total. The average molecular weight is 375 g/mol. The van der Waals surface area contributed by atoms with Crippen LogP contribution in [0.5, 0.6) is 0 Å². The molecule has 0 unspecified atom stereocenters. The lowest BCUT2D eigenvalue weighted by Gasteiger charge is -2.07. The number of rotatable bonds is 5. The Kier molecular flexibility index (Phi) is 3.88. The lowest BCUT2D eigenvalue weighted by molar-refractivity contribution is 0.380. The van der Waals surface area contributed by atoms with E-state index in [1.54, 1.807) is 25.1 Å². The van der Waals surface area contributed by atoms with E-state index in [0.29, 0.717) is 33.1 Å². The molecule has 25 heavy (non-hydrogen) atoms. The number of hydrogen-bond donors (Lipinski definition) is 1. The van der Waals surface area contributed by atoms with Gasteiger partial charge in [0.1, 0.15) is 4.90 Å². The molecule has 0 atom stereocenters. The van der Waals surface area contributed by atoms with Crippen molar-refractivity contribution in [1.29, 1.82) is 0 Å². The van der Waals surface area contributed by atoms with Crippen LogP contribution in [0, 0.1) is 13.8 Å². The third-order valence-corrected chi connectivity index (χ3v) is 6.74. The highest BCUT2D eigenvalue weighted by Gasteiger charge is 2.30. The molecule has 0 amide bonds. The molecule has 1 aliphatic carbocycles. The van der Waals surface area contributed by atoms with Gasteiger partial charge in [-0.1, -0.05) is 22.9 Å². The number of thiophene rings is 1. The monoisotopic (exact) mass is 375 g/mol. The Balaban J connectivity index is 1.62. The van der Waals surface area contributed by atoms with Gasteiger partial charge in [-0.15, -0.1) is 11.3 Å². The first kappa shape index (κ1) is 16.3. The van der Waals surface area contributed by atoms with Gasteiger partial charge in [-0.2, -0.15) is 4.98 Å². The summed E-state index contributed by atoms with van der Waals surface area (Å²) in [7, 11) is -3.67. The topological polar surface area (TPSA) is 85.1 Å². The second-order valence-corrected chi connectivity index (χ2v) is 9.14. The van der Waals surface area contributed by atoms with Crippen molar-refractivity contribution in [2.45, 2.75) is 37.5 Å². The van der Waals surface area contributed by atoms with Crippen LogP contribution in [-0.4, -0.2) is 18.6 Å². The molecule has 1 fully saturated rings. The van der Waals surface area contributed by atoms with E-state index in [-0.39, 0.29) is 4.90 Å².